The Hall–Kier alpha value is -1.31. The van der Waals surface area contributed by atoms with Gasteiger partial charge in [-0.1, -0.05) is 23.7 Å². The Balaban J connectivity index is 2.47. The van der Waals surface area contributed by atoms with Gasteiger partial charge < -0.3 is 10.6 Å². The van der Waals surface area contributed by atoms with Crippen LogP contribution < -0.4 is 15.4 Å². The van der Waals surface area contributed by atoms with Gasteiger partial charge in [0, 0.05) is 24.7 Å². The molecule has 0 unspecified atom stereocenters. The normalized spacial score (nSPS) is 12.2. The molecule has 1 aromatic rings. The van der Waals surface area contributed by atoms with E-state index in [1.54, 1.807) is 0 Å². The van der Waals surface area contributed by atoms with Crippen molar-refractivity contribution >= 4 is 27.6 Å². The summed E-state index contributed by atoms with van der Waals surface area (Å²) in [6.07, 6.45) is 1.13. The largest absolute Gasteiger partial charge is 0.357 e. The van der Waals surface area contributed by atoms with Crippen molar-refractivity contribution in [2.45, 2.75) is 13.5 Å². The Labute approximate surface area is 131 Å². The molecule has 0 aliphatic heterocycles. The highest BCUT2D eigenvalue weighted by atomic mass is 35.5. The van der Waals surface area contributed by atoms with E-state index in [1.165, 1.54) is 0 Å². The number of sulfonamides is 1. The molecule has 1 rings (SSSR count). The molecule has 0 saturated heterocycles. The number of benzene rings is 1. The Bertz CT molecular complexity index is 558. The zero-order valence-corrected chi connectivity index (χ0v) is 13.8. The minimum absolute atomic E-state index is 0.310. The summed E-state index contributed by atoms with van der Waals surface area (Å²) in [5.74, 6) is 0.641. The lowest BCUT2D eigenvalue weighted by molar-refractivity contribution is 0.586. The van der Waals surface area contributed by atoms with Gasteiger partial charge in [-0.3, -0.25) is 0 Å². The van der Waals surface area contributed by atoms with E-state index in [-0.39, 0.29) is 0 Å². The third-order valence-electron chi connectivity index (χ3n) is 2.46. The Kier molecular flexibility index (Phi) is 7.49. The molecular formula is C13H21ClN4O2S. The number of aliphatic imine (C=N–C) groups is 1. The molecule has 3 N–H and O–H groups in total. The minimum atomic E-state index is -3.16. The Morgan fingerprint density at radius 2 is 1.86 bits per heavy atom. The third-order valence-corrected chi connectivity index (χ3v) is 3.44. The average Bonchev–Trinajstić information content (AvgIpc) is 2.41. The van der Waals surface area contributed by atoms with Crippen LogP contribution in [0.15, 0.2) is 29.3 Å². The third kappa shape index (κ3) is 8.54. The smallest absolute Gasteiger partial charge is 0.208 e. The van der Waals surface area contributed by atoms with Crippen LogP contribution in [0.3, 0.4) is 0 Å². The highest BCUT2D eigenvalue weighted by Crippen LogP contribution is 2.09. The zero-order valence-electron chi connectivity index (χ0n) is 12.2. The molecule has 1 aromatic carbocycles. The van der Waals surface area contributed by atoms with E-state index in [9.17, 15) is 8.42 Å². The molecule has 0 saturated carbocycles. The van der Waals surface area contributed by atoms with Crippen molar-refractivity contribution in [1.29, 1.82) is 0 Å². The van der Waals surface area contributed by atoms with Crippen LogP contribution in [-0.4, -0.2) is 40.3 Å². The van der Waals surface area contributed by atoms with Gasteiger partial charge in [0.05, 0.1) is 12.8 Å². The summed E-state index contributed by atoms with van der Waals surface area (Å²) in [6.45, 7) is 3.98. The lowest BCUT2D eigenvalue weighted by Gasteiger charge is -2.11. The topological polar surface area (TPSA) is 82.6 Å². The second kappa shape index (κ2) is 8.86. The number of nitrogens with zero attached hydrogens (tertiary/aromatic N) is 1. The second-order valence-electron chi connectivity index (χ2n) is 4.41. The summed E-state index contributed by atoms with van der Waals surface area (Å²) in [7, 11) is -3.16. The van der Waals surface area contributed by atoms with Crippen molar-refractivity contribution < 1.29 is 8.42 Å². The number of hydrogen-bond donors (Lipinski definition) is 3. The first-order valence-corrected chi connectivity index (χ1v) is 8.89. The fourth-order valence-electron chi connectivity index (χ4n) is 1.52. The molecule has 118 valence electrons. The van der Waals surface area contributed by atoms with Crippen molar-refractivity contribution in [2.24, 2.45) is 4.99 Å². The van der Waals surface area contributed by atoms with Crippen molar-refractivity contribution in [3.8, 4) is 0 Å². The highest BCUT2D eigenvalue weighted by molar-refractivity contribution is 7.88. The second-order valence-corrected chi connectivity index (χ2v) is 6.68. The fraction of sp³-hybridized carbons (Fsp3) is 0.462. The van der Waals surface area contributed by atoms with Gasteiger partial charge in [-0.05, 0) is 24.6 Å². The van der Waals surface area contributed by atoms with Crippen molar-refractivity contribution in [1.82, 2.24) is 15.4 Å². The number of guanidine groups is 1. The van der Waals surface area contributed by atoms with Crippen LogP contribution in [-0.2, 0) is 16.6 Å². The van der Waals surface area contributed by atoms with Crippen molar-refractivity contribution in [2.75, 3.05) is 25.9 Å². The van der Waals surface area contributed by atoms with Crippen LogP contribution in [0.4, 0.5) is 0 Å². The predicted molar refractivity (Wildman–Crippen MR) is 87.1 cm³/mol. The minimum Gasteiger partial charge on any atom is -0.357 e. The number of halogens is 1. The molecule has 21 heavy (non-hydrogen) atoms. The van der Waals surface area contributed by atoms with Crippen LogP contribution in [0, 0.1) is 0 Å². The molecule has 0 aromatic heterocycles. The number of nitrogens with one attached hydrogen (secondary N) is 3. The molecule has 0 amide bonds. The van der Waals surface area contributed by atoms with Crippen LogP contribution in [0.2, 0.25) is 5.02 Å². The lowest BCUT2D eigenvalue weighted by Crippen LogP contribution is -2.41. The molecule has 0 aliphatic rings. The van der Waals surface area contributed by atoms with Gasteiger partial charge in [0.1, 0.15) is 0 Å². The number of hydrogen-bond acceptors (Lipinski definition) is 3. The molecule has 0 radical (unpaired) electrons. The van der Waals surface area contributed by atoms with E-state index >= 15 is 0 Å². The van der Waals surface area contributed by atoms with Gasteiger partial charge in [-0.2, -0.15) is 0 Å². The van der Waals surface area contributed by atoms with Crippen LogP contribution in [0.1, 0.15) is 12.5 Å². The molecule has 0 aliphatic carbocycles. The maximum absolute atomic E-state index is 10.9. The molecular weight excluding hydrogens is 312 g/mol. The van der Waals surface area contributed by atoms with Gasteiger partial charge >= 0.3 is 0 Å². The van der Waals surface area contributed by atoms with Crippen LogP contribution in [0.25, 0.3) is 0 Å². The standard InChI is InChI=1S/C13H21ClN4O2S/c1-3-15-13(16-8-9-18-21(2,19)20)17-10-11-4-6-12(14)7-5-11/h4-7,18H,3,8-10H2,1-2H3,(H2,15,16,17). The molecule has 8 heteroatoms. The predicted octanol–water partition coefficient (Wildman–Crippen LogP) is 0.944. The quantitative estimate of drug-likeness (QED) is 0.394. The molecule has 0 bridgehead atoms. The van der Waals surface area contributed by atoms with E-state index in [1.807, 2.05) is 31.2 Å². The van der Waals surface area contributed by atoms with Crippen molar-refractivity contribution in [3.05, 3.63) is 34.9 Å². The van der Waals surface area contributed by atoms with E-state index in [0.29, 0.717) is 30.6 Å². The highest BCUT2D eigenvalue weighted by Gasteiger charge is 2.01. The number of rotatable bonds is 7. The van der Waals surface area contributed by atoms with E-state index in [2.05, 4.69) is 20.3 Å². The van der Waals surface area contributed by atoms with E-state index < -0.39 is 10.0 Å². The SMILES string of the molecule is CCNC(=NCc1ccc(Cl)cc1)NCCNS(C)(=O)=O. The first kappa shape index (κ1) is 17.7. The summed E-state index contributed by atoms with van der Waals surface area (Å²) in [6, 6.07) is 7.48. The van der Waals surface area contributed by atoms with Gasteiger partial charge in [-0.25, -0.2) is 18.1 Å². The zero-order chi connectivity index (χ0) is 15.7. The van der Waals surface area contributed by atoms with Gasteiger partial charge in [0.15, 0.2) is 5.96 Å². The summed E-state index contributed by atoms with van der Waals surface area (Å²) in [5.41, 5.74) is 1.05. The molecule has 0 heterocycles. The lowest BCUT2D eigenvalue weighted by atomic mass is 10.2. The first-order chi connectivity index (χ1) is 9.90. The molecule has 0 spiro atoms. The monoisotopic (exact) mass is 332 g/mol. The first-order valence-electron chi connectivity index (χ1n) is 6.62. The summed E-state index contributed by atoms with van der Waals surface area (Å²) < 4.78 is 24.3. The Morgan fingerprint density at radius 3 is 2.43 bits per heavy atom. The van der Waals surface area contributed by atoms with E-state index in [0.717, 1.165) is 18.4 Å². The van der Waals surface area contributed by atoms with Gasteiger partial charge in [-0.15, -0.1) is 0 Å². The summed E-state index contributed by atoms with van der Waals surface area (Å²) in [4.78, 5) is 4.42. The summed E-state index contributed by atoms with van der Waals surface area (Å²) >= 11 is 5.83. The molecule has 6 nitrogen and oxygen atoms in total. The van der Waals surface area contributed by atoms with Crippen molar-refractivity contribution in [3.63, 3.8) is 0 Å². The van der Waals surface area contributed by atoms with Crippen LogP contribution >= 0.6 is 11.6 Å². The fourth-order valence-corrected chi connectivity index (χ4v) is 2.12. The summed E-state index contributed by atoms with van der Waals surface area (Å²) in [5, 5.41) is 6.85. The maximum atomic E-state index is 10.9. The Morgan fingerprint density at radius 1 is 1.19 bits per heavy atom. The molecule has 0 atom stereocenters. The van der Waals surface area contributed by atoms with Gasteiger partial charge in [0.2, 0.25) is 10.0 Å². The van der Waals surface area contributed by atoms with E-state index in [4.69, 9.17) is 11.6 Å². The molecule has 0 fully saturated rings. The van der Waals surface area contributed by atoms with Gasteiger partial charge in [0.25, 0.3) is 0 Å². The van der Waals surface area contributed by atoms with Crippen LogP contribution in [0.5, 0.6) is 0 Å². The average molecular weight is 333 g/mol. The maximum Gasteiger partial charge on any atom is 0.208 e.